The molecule has 8 nitrogen and oxygen atoms in total. The fourth-order valence-electron chi connectivity index (χ4n) is 2.13. The van der Waals surface area contributed by atoms with Crippen LogP contribution in [0, 0.1) is 0 Å². The van der Waals surface area contributed by atoms with Gasteiger partial charge in [0.2, 0.25) is 0 Å². The second-order valence-corrected chi connectivity index (χ2v) is 4.59. The third-order valence-corrected chi connectivity index (χ3v) is 2.84. The quantitative estimate of drug-likeness (QED) is 0.497. The van der Waals surface area contributed by atoms with Gasteiger partial charge in [-0.3, -0.25) is 14.4 Å². The van der Waals surface area contributed by atoms with Crippen LogP contribution in [0.15, 0.2) is 0 Å². The summed E-state index contributed by atoms with van der Waals surface area (Å²) in [6.45, 7) is 3.43. The van der Waals surface area contributed by atoms with Gasteiger partial charge in [-0.2, -0.15) is 0 Å². The Kier molecular flexibility index (Phi) is 5.46. The normalized spacial score (nSPS) is 33.1. The van der Waals surface area contributed by atoms with Gasteiger partial charge in [0.1, 0.15) is 24.4 Å². The van der Waals surface area contributed by atoms with Crippen LogP contribution in [-0.4, -0.2) is 58.6 Å². The molecule has 0 bridgehead atoms. The second kappa shape index (κ2) is 6.67. The van der Waals surface area contributed by atoms with E-state index in [0.29, 0.717) is 0 Å². The fraction of sp³-hybridized carbons (Fsp3) is 0.750. The molecule has 5 atom stereocenters. The van der Waals surface area contributed by atoms with Crippen molar-refractivity contribution >= 4 is 17.9 Å². The number of hydrogen-bond donors (Lipinski definition) is 2. The molecule has 8 heteroatoms. The molecule has 0 unspecified atom stereocenters. The molecule has 1 fully saturated rings. The number of aliphatic hydroxyl groups is 2. The predicted molar refractivity (Wildman–Crippen MR) is 63.3 cm³/mol. The number of esters is 3. The SMILES string of the molecule is CC(=O)O[C@@H]1[C@@H](O)[C@@H](O)[C@@H](OC(C)=O)C[C@@H]1OC(C)=O. The van der Waals surface area contributed by atoms with Crippen LogP contribution >= 0.6 is 0 Å². The summed E-state index contributed by atoms with van der Waals surface area (Å²) < 4.78 is 14.7. The summed E-state index contributed by atoms with van der Waals surface area (Å²) in [6.07, 6.45) is -6.29. The van der Waals surface area contributed by atoms with E-state index in [-0.39, 0.29) is 6.42 Å². The fourth-order valence-corrected chi connectivity index (χ4v) is 2.13. The van der Waals surface area contributed by atoms with Crippen molar-refractivity contribution in [3.05, 3.63) is 0 Å². The van der Waals surface area contributed by atoms with Crippen LogP contribution in [0.25, 0.3) is 0 Å². The number of ether oxygens (including phenoxy) is 3. The van der Waals surface area contributed by atoms with Crippen LogP contribution in [0.2, 0.25) is 0 Å². The zero-order valence-electron chi connectivity index (χ0n) is 11.4. The zero-order valence-corrected chi connectivity index (χ0v) is 11.4. The molecular formula is C12H18O8. The van der Waals surface area contributed by atoms with Gasteiger partial charge in [-0.25, -0.2) is 0 Å². The zero-order chi connectivity index (χ0) is 15.4. The third-order valence-electron chi connectivity index (χ3n) is 2.84. The van der Waals surface area contributed by atoms with E-state index in [1.807, 2.05) is 0 Å². The summed E-state index contributed by atoms with van der Waals surface area (Å²) in [5.41, 5.74) is 0. The standard InChI is InChI=1S/C12H18O8/c1-5(13)18-8-4-9(19-6(2)14)12(20-7(3)15)11(17)10(8)16/h8-12,16-17H,4H2,1-3H3/t8-,9-,10-,11-,12-/m0/s1. The first-order valence-electron chi connectivity index (χ1n) is 6.10. The van der Waals surface area contributed by atoms with Gasteiger partial charge in [-0.05, 0) is 0 Å². The molecule has 0 heterocycles. The van der Waals surface area contributed by atoms with Gasteiger partial charge in [0.05, 0.1) is 0 Å². The van der Waals surface area contributed by atoms with Crippen molar-refractivity contribution in [2.75, 3.05) is 0 Å². The van der Waals surface area contributed by atoms with E-state index in [4.69, 9.17) is 14.2 Å². The first kappa shape index (κ1) is 16.4. The summed E-state index contributed by atoms with van der Waals surface area (Å²) in [5.74, 6) is -1.98. The van der Waals surface area contributed by atoms with Gasteiger partial charge in [0.15, 0.2) is 6.10 Å². The van der Waals surface area contributed by atoms with Crippen molar-refractivity contribution in [1.82, 2.24) is 0 Å². The monoisotopic (exact) mass is 290 g/mol. The summed E-state index contributed by atoms with van der Waals surface area (Å²) in [7, 11) is 0. The lowest BCUT2D eigenvalue weighted by Crippen LogP contribution is -2.59. The Bertz CT molecular complexity index is 393. The maximum absolute atomic E-state index is 11.0. The first-order valence-corrected chi connectivity index (χ1v) is 6.10. The second-order valence-electron chi connectivity index (χ2n) is 4.59. The molecule has 0 aromatic heterocycles. The summed E-state index contributed by atoms with van der Waals surface area (Å²) >= 11 is 0. The summed E-state index contributed by atoms with van der Waals surface area (Å²) in [5, 5.41) is 19.8. The maximum Gasteiger partial charge on any atom is 0.303 e. The number of hydrogen-bond acceptors (Lipinski definition) is 8. The molecule has 0 spiro atoms. The van der Waals surface area contributed by atoms with E-state index in [2.05, 4.69) is 0 Å². The van der Waals surface area contributed by atoms with Gasteiger partial charge < -0.3 is 24.4 Å². The minimum absolute atomic E-state index is 0.0741. The van der Waals surface area contributed by atoms with E-state index in [1.165, 1.54) is 0 Å². The van der Waals surface area contributed by atoms with E-state index in [1.54, 1.807) is 0 Å². The average molecular weight is 290 g/mol. The topological polar surface area (TPSA) is 119 Å². The number of rotatable bonds is 3. The molecule has 0 aromatic rings. The van der Waals surface area contributed by atoms with E-state index >= 15 is 0 Å². The third kappa shape index (κ3) is 4.17. The smallest absolute Gasteiger partial charge is 0.303 e. The van der Waals surface area contributed by atoms with Crippen molar-refractivity contribution in [3.63, 3.8) is 0 Å². The predicted octanol–water partition coefficient (Wildman–Crippen LogP) is -1.09. The van der Waals surface area contributed by atoms with Crippen molar-refractivity contribution in [2.24, 2.45) is 0 Å². The van der Waals surface area contributed by atoms with Crippen molar-refractivity contribution < 1.29 is 38.8 Å². The lowest BCUT2D eigenvalue weighted by atomic mass is 9.87. The van der Waals surface area contributed by atoms with Crippen LogP contribution in [-0.2, 0) is 28.6 Å². The van der Waals surface area contributed by atoms with Crippen molar-refractivity contribution in [1.29, 1.82) is 0 Å². The highest BCUT2D eigenvalue weighted by atomic mass is 16.6. The molecule has 1 aliphatic carbocycles. The van der Waals surface area contributed by atoms with Gasteiger partial charge in [-0.1, -0.05) is 0 Å². The van der Waals surface area contributed by atoms with Gasteiger partial charge in [0.25, 0.3) is 0 Å². The van der Waals surface area contributed by atoms with Crippen LogP contribution in [0.4, 0.5) is 0 Å². The molecule has 2 N–H and O–H groups in total. The maximum atomic E-state index is 11.0. The van der Waals surface area contributed by atoms with E-state index in [0.717, 1.165) is 20.8 Å². The van der Waals surface area contributed by atoms with Crippen LogP contribution in [0.5, 0.6) is 0 Å². The van der Waals surface area contributed by atoms with Crippen LogP contribution in [0.3, 0.4) is 0 Å². The highest BCUT2D eigenvalue weighted by Gasteiger charge is 2.48. The van der Waals surface area contributed by atoms with Crippen LogP contribution in [0.1, 0.15) is 27.2 Å². The molecule has 0 aliphatic heterocycles. The number of carbonyl (C=O) groups is 3. The number of carbonyl (C=O) groups excluding carboxylic acids is 3. The Morgan fingerprint density at radius 3 is 1.70 bits per heavy atom. The van der Waals surface area contributed by atoms with E-state index < -0.39 is 48.4 Å². The molecular weight excluding hydrogens is 272 g/mol. The van der Waals surface area contributed by atoms with Gasteiger partial charge in [-0.15, -0.1) is 0 Å². The lowest BCUT2D eigenvalue weighted by Gasteiger charge is -2.40. The minimum Gasteiger partial charge on any atom is -0.460 e. The Labute approximate surface area is 115 Å². The minimum atomic E-state index is -1.53. The molecule has 114 valence electrons. The highest BCUT2D eigenvalue weighted by Crippen LogP contribution is 2.28. The molecule has 0 amide bonds. The van der Waals surface area contributed by atoms with Gasteiger partial charge in [0, 0.05) is 27.2 Å². The summed E-state index contributed by atoms with van der Waals surface area (Å²) in [4.78, 5) is 33.0. The lowest BCUT2D eigenvalue weighted by molar-refractivity contribution is -0.215. The summed E-state index contributed by atoms with van der Waals surface area (Å²) in [6, 6.07) is 0. The highest BCUT2D eigenvalue weighted by molar-refractivity contribution is 5.68. The molecule has 0 radical (unpaired) electrons. The molecule has 0 saturated heterocycles. The molecule has 1 rings (SSSR count). The Morgan fingerprint density at radius 1 is 0.800 bits per heavy atom. The Morgan fingerprint density at radius 2 is 1.25 bits per heavy atom. The molecule has 0 aromatic carbocycles. The Hall–Kier alpha value is -1.67. The average Bonchev–Trinajstić information content (AvgIpc) is 2.29. The van der Waals surface area contributed by atoms with Crippen molar-refractivity contribution in [3.8, 4) is 0 Å². The van der Waals surface area contributed by atoms with Crippen molar-refractivity contribution in [2.45, 2.75) is 57.7 Å². The number of aliphatic hydroxyl groups excluding tert-OH is 2. The Balaban J connectivity index is 2.90. The molecule has 20 heavy (non-hydrogen) atoms. The molecule has 1 aliphatic rings. The van der Waals surface area contributed by atoms with E-state index in [9.17, 15) is 24.6 Å². The first-order chi connectivity index (χ1) is 9.22. The van der Waals surface area contributed by atoms with Crippen LogP contribution < -0.4 is 0 Å². The van der Waals surface area contributed by atoms with Gasteiger partial charge >= 0.3 is 17.9 Å². The largest absolute Gasteiger partial charge is 0.460 e. The molecule has 1 saturated carbocycles.